The number of rotatable bonds is 15. The molecule has 7 N–H and O–H groups in total. The number of methoxy groups -OCH3 is 1. The number of carbonyl (C=O) groups is 2. The highest BCUT2D eigenvalue weighted by atomic mass is 31.3. The standard InChI is InChI=1S/C26H29N2O20P3/c1-42-18-8-15(7-17(29)9-18)23(22(31)14-5-3-2-4-6-14)46-26(34)43-12-16-11-28(25(33)27-24(16)32)21-10-19(30)20(45-21)13-44-50(38,39)48-51(40,41)47-49(35,36)37/h2-9,11,19-21,23,29-30H,10,12-13H2,1H3,(H,38,39)(H,40,41)(H,27,32,33)(H2,35,36,37)/t19?,20-,21-,23?/m1/s1. The summed E-state index contributed by atoms with van der Waals surface area (Å²) in [7, 11) is -15.7. The van der Waals surface area contributed by atoms with Gasteiger partial charge in [0.15, 0.2) is 6.10 Å². The predicted molar refractivity (Wildman–Crippen MR) is 165 cm³/mol. The highest BCUT2D eigenvalue weighted by Gasteiger charge is 2.43. The van der Waals surface area contributed by atoms with Crippen molar-refractivity contribution in [2.45, 2.75) is 37.6 Å². The molecular formula is C26H29N2O20P3. The van der Waals surface area contributed by atoms with Crippen molar-refractivity contribution in [3.05, 3.63) is 92.3 Å². The highest BCUT2D eigenvalue weighted by Crippen LogP contribution is 2.66. The summed E-state index contributed by atoms with van der Waals surface area (Å²) in [5, 5.41) is 20.5. The second kappa shape index (κ2) is 16.1. The molecule has 22 nitrogen and oxygen atoms in total. The second-order valence-electron chi connectivity index (χ2n) is 10.4. The molecule has 6 atom stereocenters. The number of aromatic hydroxyl groups is 1. The van der Waals surface area contributed by atoms with Gasteiger partial charge in [0.05, 0.1) is 25.4 Å². The Kier molecular flexibility index (Phi) is 12.6. The molecule has 1 aromatic heterocycles. The van der Waals surface area contributed by atoms with Crippen LogP contribution in [0.4, 0.5) is 4.79 Å². The van der Waals surface area contributed by atoms with Gasteiger partial charge in [0, 0.05) is 29.8 Å². The molecule has 4 unspecified atom stereocenters. The minimum atomic E-state index is -5.81. The maximum absolute atomic E-state index is 13.3. The molecule has 0 saturated carbocycles. The second-order valence-corrected chi connectivity index (χ2v) is 14.8. The molecule has 2 aromatic carbocycles. The number of ketones is 1. The van der Waals surface area contributed by atoms with Crippen molar-refractivity contribution in [3.8, 4) is 11.5 Å². The number of aliphatic hydroxyl groups is 1. The number of phosphoric ester groups is 1. The zero-order valence-electron chi connectivity index (χ0n) is 25.8. The third kappa shape index (κ3) is 11.2. The summed E-state index contributed by atoms with van der Waals surface area (Å²) in [6, 6.07) is 11.5. The Labute approximate surface area is 285 Å². The molecule has 51 heavy (non-hydrogen) atoms. The first-order valence-corrected chi connectivity index (χ1v) is 18.5. The smallest absolute Gasteiger partial charge is 0.508 e. The lowest BCUT2D eigenvalue weighted by Gasteiger charge is -2.19. The van der Waals surface area contributed by atoms with Gasteiger partial charge in [-0.1, -0.05) is 30.3 Å². The first kappa shape index (κ1) is 39.8. The Balaban J connectivity index is 1.44. The number of H-pyrrole nitrogens is 1. The van der Waals surface area contributed by atoms with Crippen molar-refractivity contribution in [2.24, 2.45) is 0 Å². The summed E-state index contributed by atoms with van der Waals surface area (Å²) in [6.07, 6.45) is -6.99. The van der Waals surface area contributed by atoms with Crippen molar-refractivity contribution >= 4 is 35.4 Å². The molecule has 0 bridgehead atoms. The van der Waals surface area contributed by atoms with Crippen LogP contribution in [0.15, 0.2) is 64.3 Å². The first-order chi connectivity index (χ1) is 23.8. The van der Waals surface area contributed by atoms with Gasteiger partial charge in [0.1, 0.15) is 30.4 Å². The predicted octanol–water partition coefficient (Wildman–Crippen LogP) is 1.52. The number of carbonyl (C=O) groups excluding carboxylic acids is 2. The number of phenols is 1. The van der Waals surface area contributed by atoms with E-state index in [2.05, 4.69) is 13.1 Å². The van der Waals surface area contributed by atoms with E-state index in [1.165, 1.54) is 31.4 Å². The Bertz CT molecular complexity index is 2010. The van der Waals surface area contributed by atoms with Gasteiger partial charge in [-0.3, -0.25) is 23.7 Å². The van der Waals surface area contributed by atoms with Crippen LogP contribution in [0.2, 0.25) is 0 Å². The minimum Gasteiger partial charge on any atom is -0.508 e. The van der Waals surface area contributed by atoms with Gasteiger partial charge < -0.3 is 48.7 Å². The van der Waals surface area contributed by atoms with E-state index >= 15 is 0 Å². The number of hydrogen-bond acceptors (Lipinski definition) is 16. The molecule has 2 heterocycles. The van der Waals surface area contributed by atoms with Gasteiger partial charge >= 0.3 is 35.3 Å². The van der Waals surface area contributed by atoms with E-state index in [-0.39, 0.29) is 28.2 Å². The van der Waals surface area contributed by atoms with E-state index in [1.807, 2.05) is 4.98 Å². The lowest BCUT2D eigenvalue weighted by molar-refractivity contribution is -0.0452. The molecular weight excluding hydrogens is 753 g/mol. The van der Waals surface area contributed by atoms with E-state index in [9.17, 15) is 52.9 Å². The number of ether oxygens (including phenoxy) is 4. The van der Waals surface area contributed by atoms with Crippen LogP contribution < -0.4 is 16.0 Å². The van der Waals surface area contributed by atoms with Crippen molar-refractivity contribution < 1.29 is 85.2 Å². The normalized spacial score (nSPS) is 20.5. The number of nitrogens with one attached hydrogen (secondary N) is 1. The van der Waals surface area contributed by atoms with Crippen LogP contribution in [0.5, 0.6) is 11.5 Å². The Hall–Kier alpha value is -4.01. The van der Waals surface area contributed by atoms with E-state index in [0.29, 0.717) is 0 Å². The molecule has 3 aromatic rings. The van der Waals surface area contributed by atoms with E-state index < -0.39 is 90.8 Å². The molecule has 0 radical (unpaired) electrons. The van der Waals surface area contributed by atoms with E-state index in [1.54, 1.807) is 18.2 Å². The van der Waals surface area contributed by atoms with Crippen molar-refractivity contribution in [3.63, 3.8) is 0 Å². The average Bonchev–Trinajstić information content (AvgIpc) is 3.40. The SMILES string of the molecule is COc1cc(O)cc(C(OC(=O)OCc2cn([C@H]3CC(O)[C@@H](COP(=O)(O)OP(=O)(O)OP(=O)(O)O)O3)c(=O)[nH]c2=O)C(=O)c2ccccc2)c1. The number of phenolic OH excluding ortho intramolecular Hbond substituents is 1. The Morgan fingerprint density at radius 2 is 1.71 bits per heavy atom. The molecule has 1 aliphatic rings. The summed E-state index contributed by atoms with van der Waals surface area (Å²) >= 11 is 0. The largest absolute Gasteiger partial charge is 0.509 e. The lowest BCUT2D eigenvalue weighted by Crippen LogP contribution is -2.34. The summed E-state index contributed by atoms with van der Waals surface area (Å²) in [6.45, 7) is -1.86. The Morgan fingerprint density at radius 3 is 2.35 bits per heavy atom. The highest BCUT2D eigenvalue weighted by molar-refractivity contribution is 7.66. The molecule has 278 valence electrons. The fourth-order valence-electron chi connectivity index (χ4n) is 4.52. The summed E-state index contributed by atoms with van der Waals surface area (Å²) in [4.78, 5) is 89.4. The van der Waals surface area contributed by atoms with Crippen LogP contribution in [-0.4, -0.2) is 77.2 Å². The van der Waals surface area contributed by atoms with Gasteiger partial charge in [-0.2, -0.15) is 8.62 Å². The van der Waals surface area contributed by atoms with Crippen LogP contribution >= 0.6 is 23.5 Å². The lowest BCUT2D eigenvalue weighted by atomic mass is 9.99. The molecule has 0 spiro atoms. The molecule has 0 amide bonds. The van der Waals surface area contributed by atoms with Gasteiger partial charge in [0.25, 0.3) is 5.56 Å². The molecule has 0 aliphatic carbocycles. The number of phosphoric acid groups is 3. The summed E-state index contributed by atoms with van der Waals surface area (Å²) in [5.41, 5.74) is -2.28. The maximum atomic E-state index is 13.3. The van der Waals surface area contributed by atoms with Crippen molar-refractivity contribution in [1.82, 2.24) is 9.55 Å². The number of aromatic amines is 1. The zero-order chi connectivity index (χ0) is 37.7. The van der Waals surface area contributed by atoms with Gasteiger partial charge in [0.2, 0.25) is 5.78 Å². The average molecular weight is 782 g/mol. The molecule has 25 heteroatoms. The van der Waals surface area contributed by atoms with Crippen molar-refractivity contribution in [2.75, 3.05) is 13.7 Å². The number of aliphatic hydroxyl groups excluding tert-OH is 1. The van der Waals surface area contributed by atoms with Crippen molar-refractivity contribution in [1.29, 1.82) is 0 Å². The number of hydrogen-bond donors (Lipinski definition) is 7. The zero-order valence-corrected chi connectivity index (χ0v) is 28.5. The molecule has 1 fully saturated rings. The number of benzene rings is 2. The number of nitrogens with zero attached hydrogens (tertiary/aromatic N) is 1. The molecule has 1 aliphatic heterocycles. The minimum absolute atomic E-state index is 0.0171. The van der Waals surface area contributed by atoms with Crippen LogP contribution in [0.25, 0.3) is 0 Å². The fraction of sp³-hybridized carbons (Fsp3) is 0.308. The molecule has 1 saturated heterocycles. The first-order valence-electron chi connectivity index (χ1n) is 14.0. The maximum Gasteiger partial charge on any atom is 0.509 e. The van der Waals surface area contributed by atoms with Crippen LogP contribution in [0.3, 0.4) is 0 Å². The monoisotopic (exact) mass is 782 g/mol. The Morgan fingerprint density at radius 1 is 1.02 bits per heavy atom. The van der Waals surface area contributed by atoms with Crippen LogP contribution in [0, 0.1) is 0 Å². The van der Waals surface area contributed by atoms with Gasteiger partial charge in [-0.05, 0) is 12.1 Å². The van der Waals surface area contributed by atoms with Crippen LogP contribution in [-0.2, 0) is 47.7 Å². The topological polar surface area (TPSA) is 326 Å². The molecule has 4 rings (SSSR count). The quantitative estimate of drug-likeness (QED) is 0.0652. The van der Waals surface area contributed by atoms with E-state index in [0.717, 1.165) is 16.8 Å². The van der Waals surface area contributed by atoms with Gasteiger partial charge in [-0.15, -0.1) is 0 Å². The summed E-state index contributed by atoms with van der Waals surface area (Å²) in [5.74, 6) is -0.875. The van der Waals surface area contributed by atoms with Crippen LogP contribution in [0.1, 0.15) is 40.2 Å². The van der Waals surface area contributed by atoms with E-state index in [4.69, 9.17) is 28.7 Å². The third-order valence-corrected chi connectivity index (χ3v) is 10.5. The number of Topliss-reactive ketones (excluding diaryl/α,β-unsaturated/α-hetero) is 1. The summed E-state index contributed by atoms with van der Waals surface area (Å²) < 4.78 is 67.7. The fourth-order valence-corrected chi connectivity index (χ4v) is 7.55. The third-order valence-electron chi connectivity index (χ3n) is 6.68. The number of aromatic nitrogens is 2. The van der Waals surface area contributed by atoms with Gasteiger partial charge in [-0.25, -0.2) is 23.3 Å².